The summed E-state index contributed by atoms with van der Waals surface area (Å²) in [5.41, 5.74) is 4.10. The lowest BCUT2D eigenvalue weighted by Gasteiger charge is -2.11. The second-order valence-corrected chi connectivity index (χ2v) is 5.99. The first-order valence-corrected chi connectivity index (χ1v) is 8.38. The summed E-state index contributed by atoms with van der Waals surface area (Å²) in [7, 11) is 0. The number of nitrogens with zero attached hydrogens (tertiary/aromatic N) is 3. The molecule has 0 unspecified atom stereocenters. The number of thioether (sulfide) groups is 1. The number of nitriles is 2. The highest BCUT2D eigenvalue weighted by atomic mass is 32.2. The summed E-state index contributed by atoms with van der Waals surface area (Å²) in [6, 6.07) is 25.9. The molecule has 0 spiro atoms. The van der Waals surface area contributed by atoms with Crippen molar-refractivity contribution in [3.63, 3.8) is 0 Å². The van der Waals surface area contributed by atoms with Gasteiger partial charge in [-0.2, -0.15) is 10.5 Å². The van der Waals surface area contributed by atoms with E-state index >= 15 is 0 Å². The van der Waals surface area contributed by atoms with E-state index in [-0.39, 0.29) is 5.75 Å². The molecule has 0 bridgehead atoms. The molecule has 24 heavy (non-hydrogen) atoms. The first kappa shape index (κ1) is 15.8. The van der Waals surface area contributed by atoms with Crippen LogP contribution < -0.4 is 0 Å². The van der Waals surface area contributed by atoms with Gasteiger partial charge < -0.3 is 0 Å². The van der Waals surface area contributed by atoms with Crippen molar-refractivity contribution in [3.8, 4) is 34.5 Å². The fourth-order valence-electron chi connectivity index (χ4n) is 2.44. The Morgan fingerprint density at radius 3 is 2.08 bits per heavy atom. The number of rotatable bonds is 4. The van der Waals surface area contributed by atoms with Crippen LogP contribution in [0, 0.1) is 22.7 Å². The lowest BCUT2D eigenvalue weighted by molar-refractivity contribution is 1.12. The SMILES string of the molecule is N#CCSc1nc(-c2ccccc2)cc(-c2ccccc2)c1C#N. The summed E-state index contributed by atoms with van der Waals surface area (Å²) in [6.07, 6.45) is 0. The molecule has 0 aliphatic heterocycles. The molecule has 0 amide bonds. The molecule has 0 saturated heterocycles. The summed E-state index contributed by atoms with van der Waals surface area (Å²) >= 11 is 1.29. The first-order chi connectivity index (χ1) is 11.8. The molecule has 3 aromatic rings. The maximum Gasteiger partial charge on any atom is 0.116 e. The quantitative estimate of drug-likeness (QED) is 0.639. The Labute approximate surface area is 145 Å². The zero-order chi connectivity index (χ0) is 16.8. The van der Waals surface area contributed by atoms with Gasteiger partial charge in [-0.25, -0.2) is 4.98 Å². The van der Waals surface area contributed by atoms with Crippen molar-refractivity contribution in [3.05, 3.63) is 72.3 Å². The third-order valence-electron chi connectivity index (χ3n) is 3.53. The highest BCUT2D eigenvalue weighted by Crippen LogP contribution is 2.33. The minimum absolute atomic E-state index is 0.258. The molecule has 0 aliphatic carbocycles. The predicted octanol–water partition coefficient (Wildman–Crippen LogP) is 4.90. The van der Waals surface area contributed by atoms with Gasteiger partial charge in [-0.1, -0.05) is 72.4 Å². The third-order valence-corrected chi connectivity index (χ3v) is 4.37. The molecule has 0 N–H and O–H groups in total. The van der Waals surface area contributed by atoms with Gasteiger partial charge in [0.25, 0.3) is 0 Å². The first-order valence-electron chi connectivity index (χ1n) is 7.39. The van der Waals surface area contributed by atoms with Crippen LogP contribution in [-0.2, 0) is 0 Å². The number of hydrogen-bond acceptors (Lipinski definition) is 4. The van der Waals surface area contributed by atoms with Crippen LogP contribution in [0.2, 0.25) is 0 Å². The van der Waals surface area contributed by atoms with Gasteiger partial charge >= 0.3 is 0 Å². The zero-order valence-corrected chi connectivity index (χ0v) is 13.6. The van der Waals surface area contributed by atoms with Crippen molar-refractivity contribution in [2.24, 2.45) is 0 Å². The average molecular weight is 327 g/mol. The summed E-state index contributed by atoms with van der Waals surface area (Å²) in [4.78, 5) is 4.63. The lowest BCUT2D eigenvalue weighted by Crippen LogP contribution is -1.96. The molecule has 2 aromatic carbocycles. The molecule has 114 valence electrons. The molecule has 3 nitrogen and oxygen atoms in total. The van der Waals surface area contributed by atoms with Crippen molar-refractivity contribution in [2.75, 3.05) is 5.75 Å². The highest BCUT2D eigenvalue weighted by molar-refractivity contribution is 7.99. The third kappa shape index (κ3) is 3.30. The van der Waals surface area contributed by atoms with Crippen LogP contribution in [0.4, 0.5) is 0 Å². The Kier molecular flexibility index (Phi) is 4.91. The Morgan fingerprint density at radius 1 is 0.875 bits per heavy atom. The van der Waals surface area contributed by atoms with Gasteiger partial charge in [0.15, 0.2) is 0 Å². The molecule has 1 heterocycles. The monoisotopic (exact) mass is 327 g/mol. The van der Waals surface area contributed by atoms with Gasteiger partial charge in [0, 0.05) is 11.1 Å². The predicted molar refractivity (Wildman–Crippen MR) is 96.2 cm³/mol. The van der Waals surface area contributed by atoms with Gasteiger partial charge in [0.05, 0.1) is 23.1 Å². The summed E-state index contributed by atoms with van der Waals surface area (Å²) < 4.78 is 0. The number of aromatic nitrogens is 1. The Bertz CT molecular complexity index is 923. The number of hydrogen-bond donors (Lipinski definition) is 0. The van der Waals surface area contributed by atoms with E-state index in [4.69, 9.17) is 5.26 Å². The molecule has 0 aliphatic rings. The van der Waals surface area contributed by atoms with Crippen molar-refractivity contribution in [1.29, 1.82) is 10.5 Å². The summed E-state index contributed by atoms with van der Waals surface area (Å²) in [5.74, 6) is 0.258. The van der Waals surface area contributed by atoms with E-state index < -0.39 is 0 Å². The second-order valence-electron chi connectivity index (χ2n) is 5.03. The minimum Gasteiger partial charge on any atom is -0.240 e. The van der Waals surface area contributed by atoms with Gasteiger partial charge in [0.1, 0.15) is 11.1 Å². The van der Waals surface area contributed by atoms with Crippen LogP contribution in [0.25, 0.3) is 22.4 Å². The van der Waals surface area contributed by atoms with E-state index in [9.17, 15) is 5.26 Å². The van der Waals surface area contributed by atoms with Crippen LogP contribution in [0.1, 0.15) is 5.56 Å². The second kappa shape index (κ2) is 7.46. The van der Waals surface area contributed by atoms with Crippen molar-refractivity contribution in [2.45, 2.75) is 5.03 Å². The maximum atomic E-state index is 9.64. The van der Waals surface area contributed by atoms with Crippen LogP contribution in [0.3, 0.4) is 0 Å². The molecule has 0 fully saturated rings. The molecule has 1 aromatic heterocycles. The Balaban J connectivity index is 2.23. The molecular weight excluding hydrogens is 314 g/mol. The van der Waals surface area contributed by atoms with Crippen LogP contribution in [0.15, 0.2) is 71.8 Å². The molecular formula is C20H13N3S. The normalized spacial score (nSPS) is 9.92. The smallest absolute Gasteiger partial charge is 0.116 e. The molecule has 0 radical (unpaired) electrons. The zero-order valence-electron chi connectivity index (χ0n) is 12.8. The van der Waals surface area contributed by atoms with E-state index in [1.807, 2.05) is 66.7 Å². The van der Waals surface area contributed by atoms with Crippen molar-refractivity contribution >= 4 is 11.8 Å². The summed E-state index contributed by atoms with van der Waals surface area (Å²) in [6.45, 7) is 0. The number of pyridine rings is 1. The summed E-state index contributed by atoms with van der Waals surface area (Å²) in [5, 5.41) is 19.1. The van der Waals surface area contributed by atoms with E-state index in [1.54, 1.807) is 0 Å². The van der Waals surface area contributed by atoms with Crippen LogP contribution in [-0.4, -0.2) is 10.7 Å². The van der Waals surface area contributed by atoms with Crippen LogP contribution in [0.5, 0.6) is 0 Å². The largest absolute Gasteiger partial charge is 0.240 e. The Hall–Kier alpha value is -3.08. The minimum atomic E-state index is 0.258. The molecule has 3 rings (SSSR count). The fraction of sp³-hybridized carbons (Fsp3) is 0.0500. The fourth-order valence-corrected chi connectivity index (χ4v) is 3.10. The van der Waals surface area contributed by atoms with E-state index in [1.165, 1.54) is 11.8 Å². The molecule has 0 saturated carbocycles. The van der Waals surface area contributed by atoms with E-state index in [0.29, 0.717) is 10.6 Å². The van der Waals surface area contributed by atoms with Gasteiger partial charge in [-0.15, -0.1) is 0 Å². The highest BCUT2D eigenvalue weighted by Gasteiger charge is 2.15. The van der Waals surface area contributed by atoms with Gasteiger partial charge in [0.2, 0.25) is 0 Å². The van der Waals surface area contributed by atoms with Gasteiger partial charge in [-0.3, -0.25) is 0 Å². The lowest BCUT2D eigenvalue weighted by atomic mass is 9.99. The van der Waals surface area contributed by atoms with E-state index in [2.05, 4.69) is 17.1 Å². The standard InChI is InChI=1S/C20H13N3S/c21-11-12-24-20-18(14-22)17(15-7-3-1-4-8-15)13-19(23-20)16-9-5-2-6-10-16/h1-10,13H,12H2. The average Bonchev–Trinajstić information content (AvgIpc) is 2.67. The van der Waals surface area contributed by atoms with Gasteiger partial charge in [-0.05, 0) is 11.6 Å². The maximum absolute atomic E-state index is 9.64. The molecule has 4 heteroatoms. The Morgan fingerprint density at radius 2 is 1.50 bits per heavy atom. The van der Waals surface area contributed by atoms with Crippen molar-refractivity contribution in [1.82, 2.24) is 4.98 Å². The topological polar surface area (TPSA) is 60.5 Å². The molecule has 0 atom stereocenters. The number of benzene rings is 2. The van der Waals surface area contributed by atoms with Crippen LogP contribution >= 0.6 is 11.8 Å². The van der Waals surface area contributed by atoms with E-state index in [0.717, 1.165) is 22.4 Å². The van der Waals surface area contributed by atoms with Crippen molar-refractivity contribution < 1.29 is 0 Å².